The number of hydrogen-bond acceptors (Lipinski definition) is 3. The summed E-state index contributed by atoms with van der Waals surface area (Å²) in [5, 5.41) is 0. The number of rotatable bonds is 3. The van der Waals surface area contributed by atoms with E-state index in [-0.39, 0.29) is 23.1 Å². The van der Waals surface area contributed by atoms with Gasteiger partial charge in [0.05, 0.1) is 0 Å². The summed E-state index contributed by atoms with van der Waals surface area (Å²) in [4.78, 5) is 2.62. The molecule has 0 saturated carbocycles. The molecule has 1 heterocycles. The Hall–Kier alpha value is 0.297. The summed E-state index contributed by atoms with van der Waals surface area (Å²) in [5.41, 5.74) is 0. The van der Waals surface area contributed by atoms with E-state index in [1.807, 2.05) is 19.0 Å². The summed E-state index contributed by atoms with van der Waals surface area (Å²) < 4.78 is 32.1. The zero-order valence-corrected chi connectivity index (χ0v) is 9.91. The van der Waals surface area contributed by atoms with Crippen LogP contribution in [0.2, 0.25) is 0 Å². The predicted octanol–water partition coefficient (Wildman–Crippen LogP) is 1.15. The molecule has 75 valence electrons. The quantitative estimate of drug-likeness (QED) is 0.625. The second kappa shape index (κ2) is 6.01. The van der Waals surface area contributed by atoms with Crippen LogP contribution in [-0.4, -0.2) is 46.6 Å². The maximum atomic E-state index is 13.0. The minimum Gasteiger partial charge on any atom is -0.304 e. The van der Waals surface area contributed by atoms with Crippen molar-refractivity contribution >= 4 is 41.3 Å². The first-order valence-corrected chi connectivity index (χ1v) is 5.47. The third-order valence-electron chi connectivity index (χ3n) is 1.34. The van der Waals surface area contributed by atoms with Gasteiger partial charge in [0, 0.05) is 30.3 Å². The first-order chi connectivity index (χ1) is 6.00. The van der Waals surface area contributed by atoms with E-state index in [0.717, 1.165) is 16.2 Å². The van der Waals surface area contributed by atoms with E-state index in [1.54, 1.807) is 0 Å². The van der Waals surface area contributed by atoms with Gasteiger partial charge in [-0.3, -0.25) is 0 Å². The summed E-state index contributed by atoms with van der Waals surface area (Å²) in [6.07, 6.45) is 0. The van der Waals surface area contributed by atoms with Crippen LogP contribution in [0.3, 0.4) is 0 Å². The van der Waals surface area contributed by atoms with Crippen molar-refractivity contribution in [2.75, 3.05) is 14.1 Å². The van der Waals surface area contributed by atoms with E-state index < -0.39 is 16.9 Å². The Morgan fingerprint density at radius 3 is 2.57 bits per heavy atom. The summed E-state index contributed by atoms with van der Waals surface area (Å²) in [7, 11) is 3.71. The van der Waals surface area contributed by atoms with E-state index in [9.17, 15) is 8.60 Å². The van der Waals surface area contributed by atoms with Crippen molar-refractivity contribution < 1.29 is 13.2 Å². The van der Waals surface area contributed by atoms with Gasteiger partial charge in [-0.2, -0.15) is 0 Å². The van der Waals surface area contributed by atoms with Gasteiger partial charge >= 0.3 is 0 Å². The van der Waals surface area contributed by atoms with Gasteiger partial charge < -0.3 is 9.45 Å². The Labute approximate surface area is 101 Å². The third kappa shape index (κ3) is 3.81. The molecule has 3 nitrogen and oxygen atoms in total. The fraction of sp³-hybridized carbons (Fsp3) is 0.429. The smallest absolute Gasteiger partial charge is 0.199 e. The normalized spacial score (nSPS) is 12.6. The van der Waals surface area contributed by atoms with Gasteiger partial charge in [-0.05, 0) is 20.2 Å². The van der Waals surface area contributed by atoms with Crippen LogP contribution in [0.5, 0.6) is 0 Å². The summed E-state index contributed by atoms with van der Waals surface area (Å²) in [5.74, 6) is -0.595. The molecule has 1 rings (SSSR count). The zero-order chi connectivity index (χ0) is 10.0. The molecule has 0 amide bonds. The van der Waals surface area contributed by atoms with Crippen molar-refractivity contribution in [2.24, 2.45) is 0 Å². The van der Waals surface area contributed by atoms with E-state index in [0.29, 0.717) is 6.54 Å². The van der Waals surface area contributed by atoms with Crippen LogP contribution in [0.1, 0.15) is 4.88 Å². The Balaban J connectivity index is 0.00000169. The molecule has 0 aromatic carbocycles. The molecule has 0 saturated heterocycles. The van der Waals surface area contributed by atoms with Crippen LogP contribution < -0.4 is 0 Å². The Bertz CT molecular complexity index is 329. The van der Waals surface area contributed by atoms with Crippen molar-refractivity contribution in [1.82, 2.24) is 4.90 Å². The average Bonchev–Trinajstić information content (AvgIpc) is 2.29. The molecule has 0 aliphatic rings. The second-order valence-electron chi connectivity index (χ2n) is 2.84. The molecule has 1 radical (unpaired) electrons. The molecule has 0 spiro atoms. The molecule has 0 aliphatic heterocycles. The van der Waals surface area contributed by atoms with Crippen LogP contribution in [0.15, 0.2) is 10.3 Å². The van der Waals surface area contributed by atoms with Crippen molar-refractivity contribution in [3.8, 4) is 0 Å². The largest absolute Gasteiger partial charge is 0.304 e. The van der Waals surface area contributed by atoms with Gasteiger partial charge in [-0.15, -0.1) is 11.3 Å². The van der Waals surface area contributed by atoms with E-state index in [1.165, 1.54) is 6.07 Å². The fourth-order valence-corrected chi connectivity index (χ4v) is 2.62. The minimum atomic E-state index is -2.21. The molecule has 0 bridgehead atoms. The Kier molecular flexibility index (Phi) is 6.13. The third-order valence-corrected chi connectivity index (χ3v) is 3.42. The maximum Gasteiger partial charge on any atom is 0.199 e. The van der Waals surface area contributed by atoms with Crippen LogP contribution in [0, 0.1) is 5.82 Å². The molecule has 1 aromatic rings. The molecule has 14 heavy (non-hydrogen) atoms. The molecular weight excluding hydrogens is 220 g/mol. The summed E-state index contributed by atoms with van der Waals surface area (Å²) >= 11 is -1.18. The molecule has 1 aromatic heterocycles. The van der Waals surface area contributed by atoms with Gasteiger partial charge in [0.15, 0.2) is 21.1 Å². The van der Waals surface area contributed by atoms with Crippen LogP contribution in [0.25, 0.3) is 0 Å². The average molecular weight is 230 g/mol. The van der Waals surface area contributed by atoms with Gasteiger partial charge in [-0.25, -0.2) is 8.60 Å². The number of halogens is 1. The fourth-order valence-electron chi connectivity index (χ4n) is 0.906. The Morgan fingerprint density at radius 2 is 2.21 bits per heavy atom. The maximum absolute atomic E-state index is 13.0. The number of hydrogen-bond donors (Lipinski definition) is 1. The molecule has 0 fully saturated rings. The van der Waals surface area contributed by atoms with Gasteiger partial charge in [0.1, 0.15) is 0 Å². The SMILES string of the molecule is CN(C)Cc1cc(F)c(S(=O)O)s1.[Li]. The first-order valence-electron chi connectivity index (χ1n) is 3.54. The molecule has 1 atom stereocenters. The number of thiophene rings is 1. The second-order valence-corrected chi connectivity index (χ2v) is 5.14. The van der Waals surface area contributed by atoms with E-state index in [2.05, 4.69) is 0 Å². The monoisotopic (exact) mass is 230 g/mol. The van der Waals surface area contributed by atoms with Crippen LogP contribution in [0.4, 0.5) is 4.39 Å². The van der Waals surface area contributed by atoms with Gasteiger partial charge in [-0.1, -0.05) is 0 Å². The van der Waals surface area contributed by atoms with E-state index >= 15 is 0 Å². The standard InChI is InChI=1S/C7H10FNO2S2.Li/c1-9(2)4-5-3-6(8)7(12-5)13(10)11;/h3H,4H2,1-2H3,(H,10,11);. The predicted molar refractivity (Wildman–Crippen MR) is 56.5 cm³/mol. The molecular formula is C7H10FLiNO2S2. The molecule has 1 N–H and O–H groups in total. The van der Waals surface area contributed by atoms with Gasteiger partial charge in [0.2, 0.25) is 0 Å². The van der Waals surface area contributed by atoms with Crippen molar-refractivity contribution in [1.29, 1.82) is 0 Å². The van der Waals surface area contributed by atoms with Crippen LogP contribution >= 0.6 is 11.3 Å². The van der Waals surface area contributed by atoms with Crippen molar-refractivity contribution in [3.05, 3.63) is 16.8 Å². The molecule has 0 aliphatic carbocycles. The molecule has 7 heteroatoms. The van der Waals surface area contributed by atoms with Crippen LogP contribution in [-0.2, 0) is 17.6 Å². The van der Waals surface area contributed by atoms with Crippen molar-refractivity contribution in [3.63, 3.8) is 0 Å². The topological polar surface area (TPSA) is 40.5 Å². The van der Waals surface area contributed by atoms with Gasteiger partial charge in [0.25, 0.3) is 0 Å². The summed E-state index contributed by atoms with van der Waals surface area (Å²) in [6, 6.07) is 1.30. The van der Waals surface area contributed by atoms with Crippen molar-refractivity contribution in [2.45, 2.75) is 10.8 Å². The molecule has 1 unspecified atom stereocenters. The number of nitrogens with zero attached hydrogens (tertiary/aromatic N) is 1. The Morgan fingerprint density at radius 1 is 1.64 bits per heavy atom. The first kappa shape index (κ1) is 14.3. The zero-order valence-electron chi connectivity index (χ0n) is 8.28. The van der Waals surface area contributed by atoms with E-state index in [4.69, 9.17) is 4.55 Å². The summed E-state index contributed by atoms with van der Waals surface area (Å²) in [6.45, 7) is 0.582. The minimum absolute atomic E-state index is 0.